The van der Waals surface area contributed by atoms with Crippen molar-refractivity contribution in [3.05, 3.63) is 63.1 Å². The van der Waals surface area contributed by atoms with E-state index < -0.39 is 0 Å². The van der Waals surface area contributed by atoms with Gasteiger partial charge < -0.3 is 10.5 Å². The van der Waals surface area contributed by atoms with E-state index in [4.69, 9.17) is 45.3 Å². The Morgan fingerprint density at radius 3 is 2.10 bits per heavy atom. The normalized spacial score (nSPS) is 13.8. The first-order chi connectivity index (χ1) is 9.47. The number of hydrogen-bond acceptors (Lipinski definition) is 2. The van der Waals surface area contributed by atoms with E-state index in [1.54, 1.807) is 30.3 Å². The first-order valence-electron chi connectivity index (χ1n) is 6.10. The summed E-state index contributed by atoms with van der Waals surface area (Å²) in [6, 6.07) is 12.3. The Labute approximate surface area is 133 Å². The van der Waals surface area contributed by atoms with E-state index in [9.17, 15) is 0 Å². The van der Waals surface area contributed by atoms with Crippen LogP contribution in [0.5, 0.6) is 5.75 Å². The molecule has 2 unspecified atom stereocenters. The summed E-state index contributed by atoms with van der Waals surface area (Å²) in [7, 11) is 0. The maximum atomic E-state index is 6.12. The number of ether oxygens (including phenoxy) is 1. The van der Waals surface area contributed by atoms with E-state index >= 15 is 0 Å². The highest BCUT2D eigenvalue weighted by molar-refractivity contribution is 6.35. The molecule has 0 aliphatic rings. The molecule has 0 aliphatic heterocycles. The maximum absolute atomic E-state index is 6.12. The molecule has 0 heterocycles. The van der Waals surface area contributed by atoms with Gasteiger partial charge in [-0.1, -0.05) is 46.9 Å². The zero-order valence-corrected chi connectivity index (χ0v) is 13.1. The third-order valence-electron chi connectivity index (χ3n) is 2.82. The van der Waals surface area contributed by atoms with Gasteiger partial charge in [0, 0.05) is 16.1 Å². The van der Waals surface area contributed by atoms with E-state index in [2.05, 4.69) is 0 Å². The van der Waals surface area contributed by atoms with E-state index in [0.29, 0.717) is 20.8 Å². The van der Waals surface area contributed by atoms with Crippen molar-refractivity contribution in [3.63, 3.8) is 0 Å². The fraction of sp³-hybridized carbons (Fsp3) is 0.200. The zero-order chi connectivity index (χ0) is 14.7. The van der Waals surface area contributed by atoms with Crippen LogP contribution in [-0.2, 0) is 0 Å². The van der Waals surface area contributed by atoms with Crippen LogP contribution in [-0.4, -0.2) is 6.04 Å². The standard InChI is InChI=1S/C15H14Cl3NO/c1-9(19)15(10-2-4-11(16)5-3-10)20-14-7-6-12(17)8-13(14)18/h2-9,15H,19H2,1H3. The average Bonchev–Trinajstić information content (AvgIpc) is 2.39. The molecule has 2 N–H and O–H groups in total. The molecule has 0 saturated heterocycles. The Morgan fingerprint density at radius 2 is 1.55 bits per heavy atom. The van der Waals surface area contributed by atoms with Crippen molar-refractivity contribution in [2.24, 2.45) is 5.73 Å². The minimum atomic E-state index is -0.314. The third-order valence-corrected chi connectivity index (χ3v) is 3.61. The minimum Gasteiger partial charge on any atom is -0.483 e. The molecule has 2 atom stereocenters. The Kier molecular flexibility index (Phi) is 5.17. The monoisotopic (exact) mass is 329 g/mol. The molecule has 2 aromatic carbocycles. The molecule has 0 spiro atoms. The number of benzene rings is 2. The van der Waals surface area contributed by atoms with Crippen molar-refractivity contribution in [2.75, 3.05) is 0 Å². The molecule has 2 nitrogen and oxygen atoms in total. The molecular weight excluding hydrogens is 317 g/mol. The van der Waals surface area contributed by atoms with Crippen molar-refractivity contribution in [1.29, 1.82) is 0 Å². The SMILES string of the molecule is CC(N)C(Oc1ccc(Cl)cc1Cl)c1ccc(Cl)cc1. The van der Waals surface area contributed by atoms with Gasteiger partial charge in [0.25, 0.3) is 0 Å². The van der Waals surface area contributed by atoms with E-state index in [-0.39, 0.29) is 12.1 Å². The van der Waals surface area contributed by atoms with Gasteiger partial charge in [-0.2, -0.15) is 0 Å². The Balaban J connectivity index is 2.28. The fourth-order valence-electron chi connectivity index (χ4n) is 1.84. The first-order valence-corrected chi connectivity index (χ1v) is 7.23. The van der Waals surface area contributed by atoms with Gasteiger partial charge in [-0.15, -0.1) is 0 Å². The van der Waals surface area contributed by atoms with Crippen LogP contribution in [0.3, 0.4) is 0 Å². The van der Waals surface area contributed by atoms with Gasteiger partial charge in [0.2, 0.25) is 0 Å². The minimum absolute atomic E-state index is 0.206. The summed E-state index contributed by atoms with van der Waals surface area (Å²) < 4.78 is 5.93. The van der Waals surface area contributed by atoms with Crippen molar-refractivity contribution in [3.8, 4) is 5.75 Å². The second-order valence-electron chi connectivity index (χ2n) is 4.52. The molecule has 2 aromatic rings. The highest BCUT2D eigenvalue weighted by Crippen LogP contribution is 2.32. The fourth-order valence-corrected chi connectivity index (χ4v) is 2.42. The van der Waals surface area contributed by atoms with Gasteiger partial charge in [0.05, 0.1) is 5.02 Å². The van der Waals surface area contributed by atoms with Crippen molar-refractivity contribution in [1.82, 2.24) is 0 Å². The summed E-state index contributed by atoms with van der Waals surface area (Å²) in [5.74, 6) is 0.549. The lowest BCUT2D eigenvalue weighted by molar-refractivity contribution is 0.180. The van der Waals surface area contributed by atoms with Gasteiger partial charge in [-0.05, 0) is 42.8 Å². The summed E-state index contributed by atoms with van der Waals surface area (Å²) in [5.41, 5.74) is 6.95. The van der Waals surface area contributed by atoms with Gasteiger partial charge in [0.15, 0.2) is 0 Å². The molecule has 5 heteroatoms. The predicted molar refractivity (Wildman–Crippen MR) is 84.9 cm³/mol. The Bertz CT molecular complexity index is 584. The molecule has 0 fully saturated rings. The zero-order valence-electron chi connectivity index (χ0n) is 10.8. The molecular formula is C15H14Cl3NO. The molecule has 0 amide bonds. The summed E-state index contributed by atoms with van der Waals surface area (Å²) in [5, 5.41) is 1.69. The van der Waals surface area contributed by atoms with Gasteiger partial charge in [-0.25, -0.2) is 0 Å². The highest BCUT2D eigenvalue weighted by Gasteiger charge is 2.19. The number of hydrogen-bond donors (Lipinski definition) is 1. The molecule has 0 radical (unpaired) electrons. The van der Waals surface area contributed by atoms with Crippen molar-refractivity contribution in [2.45, 2.75) is 19.1 Å². The smallest absolute Gasteiger partial charge is 0.139 e. The largest absolute Gasteiger partial charge is 0.483 e. The Hall–Kier alpha value is -0.930. The first kappa shape index (κ1) is 15.5. The van der Waals surface area contributed by atoms with Crippen LogP contribution in [0.4, 0.5) is 0 Å². The van der Waals surface area contributed by atoms with Crippen LogP contribution < -0.4 is 10.5 Å². The molecule has 0 aromatic heterocycles. The van der Waals surface area contributed by atoms with E-state index in [1.165, 1.54) is 0 Å². The van der Waals surface area contributed by atoms with Gasteiger partial charge in [-0.3, -0.25) is 0 Å². The Morgan fingerprint density at radius 1 is 0.950 bits per heavy atom. The van der Waals surface area contributed by atoms with Crippen molar-refractivity contribution >= 4 is 34.8 Å². The average molecular weight is 331 g/mol. The lowest BCUT2D eigenvalue weighted by Crippen LogP contribution is -2.29. The number of rotatable bonds is 4. The lowest BCUT2D eigenvalue weighted by atomic mass is 10.0. The van der Waals surface area contributed by atoms with Gasteiger partial charge >= 0.3 is 0 Å². The highest BCUT2D eigenvalue weighted by atomic mass is 35.5. The molecule has 106 valence electrons. The van der Waals surface area contributed by atoms with Crippen LogP contribution >= 0.6 is 34.8 Å². The second kappa shape index (κ2) is 6.68. The molecule has 0 bridgehead atoms. The predicted octanol–water partition coefficient (Wildman–Crippen LogP) is 5.11. The summed E-state index contributed by atoms with van der Waals surface area (Å²) in [4.78, 5) is 0. The summed E-state index contributed by atoms with van der Waals surface area (Å²) >= 11 is 17.9. The topological polar surface area (TPSA) is 35.2 Å². The molecule has 0 aliphatic carbocycles. The van der Waals surface area contributed by atoms with Crippen LogP contribution in [0.25, 0.3) is 0 Å². The maximum Gasteiger partial charge on any atom is 0.139 e. The quantitative estimate of drug-likeness (QED) is 0.845. The lowest BCUT2D eigenvalue weighted by Gasteiger charge is -2.23. The number of nitrogens with two attached hydrogens (primary N) is 1. The molecule has 20 heavy (non-hydrogen) atoms. The van der Waals surface area contributed by atoms with Crippen LogP contribution in [0.2, 0.25) is 15.1 Å². The summed E-state index contributed by atoms with van der Waals surface area (Å²) in [6.45, 7) is 1.88. The van der Waals surface area contributed by atoms with Crippen molar-refractivity contribution < 1.29 is 4.74 Å². The van der Waals surface area contributed by atoms with E-state index in [1.807, 2.05) is 19.1 Å². The van der Waals surface area contributed by atoms with Gasteiger partial charge in [0.1, 0.15) is 11.9 Å². The molecule has 2 rings (SSSR count). The third kappa shape index (κ3) is 3.80. The second-order valence-corrected chi connectivity index (χ2v) is 5.80. The summed E-state index contributed by atoms with van der Waals surface area (Å²) in [6.07, 6.45) is -0.314. The molecule has 0 saturated carbocycles. The number of halogens is 3. The van der Waals surface area contributed by atoms with Crippen LogP contribution in [0.15, 0.2) is 42.5 Å². The van der Waals surface area contributed by atoms with Crippen LogP contribution in [0, 0.1) is 0 Å². The van der Waals surface area contributed by atoms with Crippen LogP contribution in [0.1, 0.15) is 18.6 Å². The van der Waals surface area contributed by atoms with E-state index in [0.717, 1.165) is 5.56 Å².